The van der Waals surface area contributed by atoms with Gasteiger partial charge in [0, 0.05) is 0 Å². The number of carboxylic acid groups (broad SMARTS) is 3. The van der Waals surface area contributed by atoms with E-state index in [-0.39, 0.29) is 18.8 Å². The summed E-state index contributed by atoms with van der Waals surface area (Å²) >= 11 is 0. The number of rotatable bonds is 3. The molecule has 0 saturated heterocycles. The number of carbonyl (C=O) groups is 3. The van der Waals surface area contributed by atoms with Gasteiger partial charge < -0.3 is 29.5 Å². The van der Waals surface area contributed by atoms with E-state index >= 15 is 0 Å². The first-order valence-electron chi connectivity index (χ1n) is 6.03. The molecule has 4 unspecified atom stereocenters. The largest absolute Gasteiger partial charge is 0.506 e. The second-order valence-corrected chi connectivity index (χ2v) is 5.00. The van der Waals surface area contributed by atoms with Crippen LogP contribution < -0.4 is 0 Å². The van der Waals surface area contributed by atoms with Crippen LogP contribution >= 0.6 is 0 Å². The smallest absolute Gasteiger partial charge is 0.450 e. The quantitative estimate of drug-likeness (QED) is 0.523. The molecule has 2 bridgehead atoms. The summed E-state index contributed by atoms with van der Waals surface area (Å²) in [5, 5.41) is 26.3. The Morgan fingerprint density at radius 2 is 1.65 bits per heavy atom. The van der Waals surface area contributed by atoms with Crippen LogP contribution in [0, 0.1) is 5.92 Å². The molecule has 2 saturated carbocycles. The van der Waals surface area contributed by atoms with Gasteiger partial charge in [0.1, 0.15) is 6.10 Å². The molecule has 9 heteroatoms. The monoisotopic (exact) mass is 290 g/mol. The average molecular weight is 290 g/mol. The van der Waals surface area contributed by atoms with Gasteiger partial charge in [-0.3, -0.25) is 0 Å². The van der Waals surface area contributed by atoms with Gasteiger partial charge >= 0.3 is 18.5 Å². The van der Waals surface area contributed by atoms with Gasteiger partial charge in [0.15, 0.2) is 11.7 Å². The van der Waals surface area contributed by atoms with Crippen LogP contribution in [0.25, 0.3) is 0 Å². The summed E-state index contributed by atoms with van der Waals surface area (Å²) in [5.74, 6) is 0.0207. The van der Waals surface area contributed by atoms with Crippen LogP contribution in [-0.4, -0.2) is 51.6 Å². The molecule has 2 aliphatic rings. The van der Waals surface area contributed by atoms with Crippen LogP contribution in [0.3, 0.4) is 0 Å². The Hall–Kier alpha value is -2.19. The topological polar surface area (TPSA) is 140 Å². The molecule has 0 spiro atoms. The first kappa shape index (κ1) is 14.2. The van der Waals surface area contributed by atoms with Crippen molar-refractivity contribution in [2.24, 2.45) is 5.92 Å². The number of ether oxygens (including phenoxy) is 3. The van der Waals surface area contributed by atoms with E-state index in [0.717, 1.165) is 0 Å². The highest BCUT2D eigenvalue weighted by Crippen LogP contribution is 2.49. The minimum atomic E-state index is -1.63. The van der Waals surface area contributed by atoms with E-state index in [1.54, 1.807) is 0 Å². The standard InChI is InChI=1S/C11H14O9/c12-8(13)18-6-3-5-1-2-11(4-5,20-10(16)17)7(6)19-9(14)15/h5-7H,1-4H2,(H,12,13)(H,14,15)(H,16,17). The van der Waals surface area contributed by atoms with Crippen LogP contribution in [0.15, 0.2) is 0 Å². The first-order valence-corrected chi connectivity index (χ1v) is 6.03. The molecule has 9 nitrogen and oxygen atoms in total. The molecule has 2 rings (SSSR count). The molecule has 3 N–H and O–H groups in total. The van der Waals surface area contributed by atoms with Crippen molar-refractivity contribution in [3.8, 4) is 0 Å². The number of hydrogen-bond acceptors (Lipinski definition) is 6. The van der Waals surface area contributed by atoms with Gasteiger partial charge in [0.05, 0.1) is 0 Å². The molecule has 0 aromatic rings. The summed E-state index contributed by atoms with van der Waals surface area (Å²) in [7, 11) is 0. The maximum absolute atomic E-state index is 10.8. The molecule has 0 heterocycles. The van der Waals surface area contributed by atoms with Gasteiger partial charge in [0.2, 0.25) is 0 Å². The summed E-state index contributed by atoms with van der Waals surface area (Å²) in [6.07, 6.45) is -5.64. The van der Waals surface area contributed by atoms with Crippen molar-refractivity contribution in [1.29, 1.82) is 0 Å². The summed E-state index contributed by atoms with van der Waals surface area (Å²) in [5.41, 5.74) is -1.37. The van der Waals surface area contributed by atoms with Gasteiger partial charge in [-0.15, -0.1) is 0 Å². The van der Waals surface area contributed by atoms with Gasteiger partial charge in [-0.05, 0) is 31.6 Å². The molecular formula is C11H14O9. The maximum atomic E-state index is 10.8. The predicted octanol–water partition coefficient (Wildman–Crippen LogP) is 1.75. The van der Waals surface area contributed by atoms with Gasteiger partial charge in [-0.1, -0.05) is 0 Å². The van der Waals surface area contributed by atoms with E-state index in [1.165, 1.54) is 0 Å². The van der Waals surface area contributed by atoms with Crippen molar-refractivity contribution in [3.63, 3.8) is 0 Å². The van der Waals surface area contributed by atoms with E-state index < -0.39 is 36.3 Å². The Morgan fingerprint density at radius 1 is 1.00 bits per heavy atom. The Balaban J connectivity index is 2.28. The third kappa shape index (κ3) is 2.70. The molecule has 0 aliphatic heterocycles. The van der Waals surface area contributed by atoms with E-state index in [9.17, 15) is 14.4 Å². The van der Waals surface area contributed by atoms with E-state index in [2.05, 4.69) is 9.47 Å². The van der Waals surface area contributed by atoms with Crippen LogP contribution in [0.5, 0.6) is 0 Å². The summed E-state index contributed by atoms with van der Waals surface area (Å²) < 4.78 is 14.2. The molecule has 0 amide bonds. The molecule has 0 aromatic carbocycles. The molecule has 2 fully saturated rings. The third-order valence-electron chi connectivity index (χ3n) is 3.80. The van der Waals surface area contributed by atoms with Crippen molar-refractivity contribution in [1.82, 2.24) is 0 Å². The van der Waals surface area contributed by atoms with Crippen LogP contribution in [-0.2, 0) is 14.2 Å². The minimum Gasteiger partial charge on any atom is -0.450 e. The molecule has 0 radical (unpaired) electrons. The zero-order chi connectivity index (χ0) is 14.9. The molecule has 112 valence electrons. The third-order valence-corrected chi connectivity index (χ3v) is 3.80. The van der Waals surface area contributed by atoms with Crippen molar-refractivity contribution >= 4 is 18.5 Å². The Kier molecular flexibility index (Phi) is 3.60. The lowest BCUT2D eigenvalue weighted by Gasteiger charge is -2.41. The predicted molar refractivity (Wildman–Crippen MR) is 59.6 cm³/mol. The number of fused-ring (bicyclic) bond motifs is 2. The van der Waals surface area contributed by atoms with E-state index in [4.69, 9.17) is 20.1 Å². The normalized spacial score (nSPS) is 35.1. The zero-order valence-corrected chi connectivity index (χ0v) is 10.4. The van der Waals surface area contributed by atoms with Crippen molar-refractivity contribution in [2.45, 2.75) is 43.5 Å². The van der Waals surface area contributed by atoms with E-state index in [0.29, 0.717) is 12.8 Å². The minimum absolute atomic E-state index is 0.0207. The highest BCUT2D eigenvalue weighted by atomic mass is 16.7. The van der Waals surface area contributed by atoms with Crippen molar-refractivity contribution < 1.29 is 43.9 Å². The lowest BCUT2D eigenvalue weighted by atomic mass is 9.80. The van der Waals surface area contributed by atoms with Crippen molar-refractivity contribution in [3.05, 3.63) is 0 Å². The van der Waals surface area contributed by atoms with Gasteiger partial charge in [0.25, 0.3) is 0 Å². The fourth-order valence-corrected chi connectivity index (χ4v) is 3.25. The molecule has 0 aromatic heterocycles. The van der Waals surface area contributed by atoms with Crippen molar-refractivity contribution in [2.75, 3.05) is 0 Å². The Morgan fingerprint density at radius 3 is 2.20 bits per heavy atom. The highest BCUT2D eigenvalue weighted by molar-refractivity contribution is 5.60. The van der Waals surface area contributed by atoms with Gasteiger partial charge in [-0.25, -0.2) is 14.4 Å². The maximum Gasteiger partial charge on any atom is 0.506 e. The van der Waals surface area contributed by atoms with Gasteiger partial charge in [-0.2, -0.15) is 0 Å². The average Bonchev–Trinajstić information content (AvgIpc) is 2.62. The van der Waals surface area contributed by atoms with Crippen LogP contribution in [0.4, 0.5) is 14.4 Å². The zero-order valence-electron chi connectivity index (χ0n) is 10.4. The molecular weight excluding hydrogens is 276 g/mol. The lowest BCUT2D eigenvalue weighted by Crippen LogP contribution is -2.56. The van der Waals surface area contributed by atoms with Crippen LogP contribution in [0.1, 0.15) is 25.7 Å². The first-order chi connectivity index (χ1) is 9.32. The Labute approximate surface area is 113 Å². The summed E-state index contributed by atoms with van der Waals surface area (Å²) in [4.78, 5) is 32.3. The second-order valence-electron chi connectivity index (χ2n) is 5.00. The number of hydrogen-bond donors (Lipinski definition) is 3. The fraction of sp³-hybridized carbons (Fsp3) is 0.727. The lowest BCUT2D eigenvalue weighted by molar-refractivity contribution is -0.163. The highest BCUT2D eigenvalue weighted by Gasteiger charge is 2.59. The SMILES string of the molecule is O=C(O)OC1CC2CCC(OC(=O)O)(C2)C1OC(=O)O. The summed E-state index contributed by atoms with van der Waals surface area (Å²) in [6.45, 7) is 0. The Bertz CT molecular complexity index is 434. The molecule has 4 atom stereocenters. The van der Waals surface area contributed by atoms with Crippen LogP contribution in [0.2, 0.25) is 0 Å². The molecule has 20 heavy (non-hydrogen) atoms. The van der Waals surface area contributed by atoms with E-state index in [1.807, 2.05) is 0 Å². The molecule has 2 aliphatic carbocycles. The fourth-order valence-electron chi connectivity index (χ4n) is 3.25. The second kappa shape index (κ2) is 5.06. The summed E-state index contributed by atoms with van der Waals surface area (Å²) in [6, 6.07) is 0.